The molecule has 1 amide bonds. The van der Waals surface area contributed by atoms with Gasteiger partial charge in [0.25, 0.3) is 0 Å². The van der Waals surface area contributed by atoms with E-state index in [1.165, 1.54) is 6.92 Å². The molecule has 17 heavy (non-hydrogen) atoms. The molecule has 0 saturated carbocycles. The largest absolute Gasteiger partial charge is 0.479 e. The number of hydrogen-bond acceptors (Lipinski definition) is 5. The van der Waals surface area contributed by atoms with Crippen molar-refractivity contribution in [2.45, 2.75) is 45.4 Å². The standard InChI is InChI=1S/C10H18N2O5/c1-5(11)7(13)6(8(14)15)12-9(16)17-10(2,3)4/h5-6H,11H2,1-4H3,(H,12,16)(H,14,15)/t5-,6?/m0/s1. The molecule has 0 fully saturated rings. The molecule has 0 aromatic heterocycles. The van der Waals surface area contributed by atoms with Crippen molar-refractivity contribution >= 4 is 17.8 Å². The molecule has 98 valence electrons. The lowest BCUT2D eigenvalue weighted by Crippen LogP contribution is -2.52. The molecule has 1 unspecified atom stereocenters. The second-order valence-corrected chi connectivity index (χ2v) is 4.61. The predicted molar refractivity (Wildman–Crippen MR) is 59.4 cm³/mol. The highest BCUT2D eigenvalue weighted by Crippen LogP contribution is 2.07. The predicted octanol–water partition coefficient (Wildman–Crippen LogP) is -0.119. The first-order valence-corrected chi connectivity index (χ1v) is 5.06. The van der Waals surface area contributed by atoms with Gasteiger partial charge in [0, 0.05) is 0 Å². The summed E-state index contributed by atoms with van der Waals surface area (Å²) in [5, 5.41) is 10.8. The van der Waals surface area contributed by atoms with E-state index in [0.29, 0.717) is 0 Å². The Balaban J connectivity index is 4.63. The molecule has 0 bridgehead atoms. The molecule has 0 aliphatic carbocycles. The van der Waals surface area contributed by atoms with Gasteiger partial charge in [-0.2, -0.15) is 0 Å². The summed E-state index contributed by atoms with van der Waals surface area (Å²) in [5.41, 5.74) is 4.50. The highest BCUT2D eigenvalue weighted by molar-refractivity contribution is 6.06. The number of carboxylic acid groups (broad SMARTS) is 1. The van der Waals surface area contributed by atoms with Crippen LogP contribution in [0.15, 0.2) is 0 Å². The number of ketones is 1. The Morgan fingerprint density at radius 3 is 2.06 bits per heavy atom. The summed E-state index contributed by atoms with van der Waals surface area (Å²) in [7, 11) is 0. The number of nitrogens with one attached hydrogen (secondary N) is 1. The van der Waals surface area contributed by atoms with E-state index in [0.717, 1.165) is 0 Å². The van der Waals surface area contributed by atoms with E-state index >= 15 is 0 Å². The van der Waals surface area contributed by atoms with Crippen LogP contribution < -0.4 is 11.1 Å². The van der Waals surface area contributed by atoms with E-state index in [-0.39, 0.29) is 0 Å². The van der Waals surface area contributed by atoms with Gasteiger partial charge >= 0.3 is 12.1 Å². The normalized spacial score (nSPS) is 14.6. The maximum absolute atomic E-state index is 11.4. The maximum Gasteiger partial charge on any atom is 0.408 e. The summed E-state index contributed by atoms with van der Waals surface area (Å²) in [6.45, 7) is 6.20. The molecular weight excluding hydrogens is 228 g/mol. The maximum atomic E-state index is 11.4. The zero-order valence-corrected chi connectivity index (χ0v) is 10.3. The number of Topliss-reactive ketones (excluding diaryl/α,β-unsaturated/α-hetero) is 1. The minimum atomic E-state index is -1.69. The number of ether oxygens (including phenoxy) is 1. The molecule has 4 N–H and O–H groups in total. The Labute approximate surface area is 99.3 Å². The highest BCUT2D eigenvalue weighted by atomic mass is 16.6. The zero-order chi connectivity index (χ0) is 13.8. The van der Waals surface area contributed by atoms with Crippen molar-refractivity contribution in [1.29, 1.82) is 0 Å². The molecular formula is C10H18N2O5. The van der Waals surface area contributed by atoms with Crippen molar-refractivity contribution in [3.63, 3.8) is 0 Å². The Kier molecular flexibility index (Phi) is 5.09. The summed E-state index contributed by atoms with van der Waals surface area (Å²) in [4.78, 5) is 33.5. The fourth-order valence-electron chi connectivity index (χ4n) is 0.943. The number of rotatable bonds is 4. The first-order valence-electron chi connectivity index (χ1n) is 5.06. The lowest BCUT2D eigenvalue weighted by atomic mass is 10.1. The van der Waals surface area contributed by atoms with Crippen molar-refractivity contribution in [2.24, 2.45) is 5.73 Å². The van der Waals surface area contributed by atoms with Crippen LogP contribution >= 0.6 is 0 Å². The van der Waals surface area contributed by atoms with Gasteiger partial charge < -0.3 is 20.9 Å². The molecule has 0 aliphatic heterocycles. The topological polar surface area (TPSA) is 119 Å². The second kappa shape index (κ2) is 5.62. The Morgan fingerprint density at radius 1 is 1.29 bits per heavy atom. The van der Waals surface area contributed by atoms with E-state index in [9.17, 15) is 14.4 Å². The molecule has 0 aliphatic rings. The highest BCUT2D eigenvalue weighted by Gasteiger charge is 2.31. The van der Waals surface area contributed by atoms with E-state index in [1.54, 1.807) is 20.8 Å². The van der Waals surface area contributed by atoms with Crippen LogP contribution in [-0.2, 0) is 14.3 Å². The number of hydrogen-bond donors (Lipinski definition) is 3. The van der Waals surface area contributed by atoms with Crippen LogP contribution in [0.5, 0.6) is 0 Å². The van der Waals surface area contributed by atoms with Gasteiger partial charge in [0.15, 0.2) is 11.8 Å². The molecule has 0 rings (SSSR count). The summed E-state index contributed by atoms with van der Waals surface area (Å²) < 4.78 is 4.84. The third-order valence-corrected chi connectivity index (χ3v) is 1.64. The minimum absolute atomic E-state index is 0.773. The average Bonchev–Trinajstić information content (AvgIpc) is 2.09. The van der Waals surface area contributed by atoms with Gasteiger partial charge in [-0.25, -0.2) is 9.59 Å². The molecule has 2 atom stereocenters. The van der Waals surface area contributed by atoms with Crippen molar-refractivity contribution in [2.75, 3.05) is 0 Å². The third-order valence-electron chi connectivity index (χ3n) is 1.64. The molecule has 0 saturated heterocycles. The van der Waals surface area contributed by atoms with E-state index in [2.05, 4.69) is 0 Å². The molecule has 0 heterocycles. The molecule has 0 aromatic carbocycles. The average molecular weight is 246 g/mol. The number of carbonyl (C=O) groups is 3. The van der Waals surface area contributed by atoms with Crippen LogP contribution in [0.2, 0.25) is 0 Å². The minimum Gasteiger partial charge on any atom is -0.479 e. The van der Waals surface area contributed by atoms with Crippen molar-refractivity contribution in [3.05, 3.63) is 0 Å². The Morgan fingerprint density at radius 2 is 1.76 bits per heavy atom. The van der Waals surface area contributed by atoms with Crippen molar-refractivity contribution in [3.8, 4) is 0 Å². The number of alkyl carbamates (subject to hydrolysis) is 1. The zero-order valence-electron chi connectivity index (χ0n) is 10.3. The van der Waals surface area contributed by atoms with Gasteiger partial charge in [0.05, 0.1) is 6.04 Å². The molecule has 0 aromatic rings. The van der Waals surface area contributed by atoms with Crippen LogP contribution in [0.1, 0.15) is 27.7 Å². The Bertz CT molecular complexity index is 319. The van der Waals surface area contributed by atoms with Gasteiger partial charge in [0.1, 0.15) is 5.60 Å². The van der Waals surface area contributed by atoms with Gasteiger partial charge in [0.2, 0.25) is 0 Å². The summed E-state index contributed by atoms with van der Waals surface area (Å²) in [6.07, 6.45) is -0.973. The lowest BCUT2D eigenvalue weighted by molar-refractivity contribution is -0.143. The fraction of sp³-hybridized carbons (Fsp3) is 0.700. The smallest absolute Gasteiger partial charge is 0.408 e. The van der Waals surface area contributed by atoms with Crippen LogP contribution in [0.4, 0.5) is 4.79 Å². The van der Waals surface area contributed by atoms with Crippen LogP contribution in [-0.4, -0.2) is 40.6 Å². The lowest BCUT2D eigenvalue weighted by Gasteiger charge is -2.22. The first-order chi connectivity index (χ1) is 7.54. The molecule has 7 nitrogen and oxygen atoms in total. The molecule has 0 spiro atoms. The second-order valence-electron chi connectivity index (χ2n) is 4.61. The number of carboxylic acids is 1. The number of amides is 1. The van der Waals surface area contributed by atoms with Gasteiger partial charge in [-0.1, -0.05) is 0 Å². The third kappa shape index (κ3) is 5.86. The van der Waals surface area contributed by atoms with E-state index < -0.39 is 35.5 Å². The Hall–Kier alpha value is -1.63. The monoisotopic (exact) mass is 246 g/mol. The van der Waals surface area contributed by atoms with Crippen LogP contribution in [0.3, 0.4) is 0 Å². The van der Waals surface area contributed by atoms with Crippen LogP contribution in [0.25, 0.3) is 0 Å². The van der Waals surface area contributed by atoms with Crippen molar-refractivity contribution < 1.29 is 24.2 Å². The summed E-state index contributed by atoms with van der Waals surface area (Å²) >= 11 is 0. The van der Waals surface area contributed by atoms with Gasteiger partial charge in [-0.15, -0.1) is 0 Å². The quantitative estimate of drug-likeness (QED) is 0.595. The van der Waals surface area contributed by atoms with E-state index in [4.69, 9.17) is 15.6 Å². The molecule has 7 heteroatoms. The van der Waals surface area contributed by atoms with E-state index in [1.807, 2.05) is 5.32 Å². The number of carbonyl (C=O) groups excluding carboxylic acids is 2. The summed E-state index contributed by atoms with van der Waals surface area (Å²) in [6, 6.07) is -2.67. The van der Waals surface area contributed by atoms with Gasteiger partial charge in [-0.3, -0.25) is 4.79 Å². The fourth-order valence-corrected chi connectivity index (χ4v) is 0.943. The van der Waals surface area contributed by atoms with Crippen LogP contribution in [0, 0.1) is 0 Å². The number of aliphatic carboxylic acids is 1. The SMILES string of the molecule is C[C@H](N)C(=O)C(NC(=O)OC(C)(C)C)C(=O)O. The van der Waals surface area contributed by atoms with Gasteiger partial charge in [-0.05, 0) is 27.7 Å². The summed E-state index contributed by atoms with van der Waals surface area (Å²) in [5.74, 6) is -2.26. The number of nitrogens with two attached hydrogens (primary N) is 1. The van der Waals surface area contributed by atoms with Crippen molar-refractivity contribution in [1.82, 2.24) is 5.32 Å². The molecule has 0 radical (unpaired) electrons. The first kappa shape index (κ1) is 15.4.